The van der Waals surface area contributed by atoms with E-state index in [-0.39, 0.29) is 0 Å². The van der Waals surface area contributed by atoms with E-state index in [1.165, 1.54) is 11.1 Å². The lowest BCUT2D eigenvalue weighted by Crippen LogP contribution is -1.92. The van der Waals surface area contributed by atoms with Gasteiger partial charge in [0.1, 0.15) is 11.3 Å². The summed E-state index contributed by atoms with van der Waals surface area (Å²) in [6, 6.07) is 9.88. The highest BCUT2D eigenvalue weighted by Gasteiger charge is 2.05. The summed E-state index contributed by atoms with van der Waals surface area (Å²) in [7, 11) is 1.92. The monoisotopic (exact) mass is 253 g/mol. The molecule has 4 heteroatoms. The predicted molar refractivity (Wildman–Crippen MR) is 74.5 cm³/mol. The number of fused-ring (bicyclic) bond motifs is 1. The van der Waals surface area contributed by atoms with Crippen LogP contribution in [-0.4, -0.2) is 14.5 Å². The lowest BCUT2D eigenvalue weighted by Gasteiger charge is -2.07. The number of hydrogen-bond donors (Lipinski definition) is 0. The summed E-state index contributed by atoms with van der Waals surface area (Å²) in [5.74, 6) is 1.40. The van der Waals surface area contributed by atoms with E-state index in [0.29, 0.717) is 5.88 Å². The first-order valence-corrected chi connectivity index (χ1v) is 6.16. The molecule has 1 aromatic carbocycles. The van der Waals surface area contributed by atoms with Gasteiger partial charge in [-0.1, -0.05) is 6.07 Å². The molecule has 3 rings (SSSR count). The molecular weight excluding hydrogens is 238 g/mol. The minimum Gasteiger partial charge on any atom is -0.439 e. The first-order valence-electron chi connectivity index (χ1n) is 6.16. The van der Waals surface area contributed by atoms with Crippen LogP contribution < -0.4 is 4.74 Å². The Hall–Kier alpha value is -2.36. The highest BCUT2D eigenvalue weighted by molar-refractivity contribution is 5.71. The molecule has 0 N–H and O–H groups in total. The van der Waals surface area contributed by atoms with Crippen LogP contribution in [0.15, 0.2) is 36.7 Å². The summed E-state index contributed by atoms with van der Waals surface area (Å²) in [6.45, 7) is 4.11. The number of imidazole rings is 1. The quantitative estimate of drug-likeness (QED) is 0.703. The number of ether oxygens (including phenoxy) is 1. The minimum absolute atomic E-state index is 0.584. The van der Waals surface area contributed by atoms with Crippen LogP contribution in [0.1, 0.15) is 11.1 Å². The molecule has 0 aliphatic rings. The topological polar surface area (TPSA) is 39.9 Å². The molecule has 0 radical (unpaired) electrons. The number of nitrogens with zero attached hydrogens (tertiary/aromatic N) is 3. The van der Waals surface area contributed by atoms with Gasteiger partial charge in [-0.25, -0.2) is 4.98 Å². The number of rotatable bonds is 2. The Morgan fingerprint density at radius 3 is 2.53 bits per heavy atom. The van der Waals surface area contributed by atoms with Crippen LogP contribution in [0.2, 0.25) is 0 Å². The Bertz CT molecular complexity index is 726. The van der Waals surface area contributed by atoms with E-state index in [4.69, 9.17) is 4.74 Å². The first kappa shape index (κ1) is 11.7. The summed E-state index contributed by atoms with van der Waals surface area (Å²) in [5, 5.41) is 0. The summed E-state index contributed by atoms with van der Waals surface area (Å²) < 4.78 is 7.70. The van der Waals surface area contributed by atoms with Gasteiger partial charge in [0.15, 0.2) is 5.65 Å². The maximum absolute atomic E-state index is 5.82. The van der Waals surface area contributed by atoms with Gasteiger partial charge in [0.05, 0.1) is 6.33 Å². The molecule has 3 aromatic rings. The third-order valence-corrected chi connectivity index (χ3v) is 2.95. The van der Waals surface area contributed by atoms with Crippen LogP contribution in [-0.2, 0) is 7.05 Å². The Morgan fingerprint density at radius 1 is 1.05 bits per heavy atom. The van der Waals surface area contributed by atoms with Crippen molar-refractivity contribution in [1.82, 2.24) is 14.5 Å². The zero-order valence-electron chi connectivity index (χ0n) is 11.2. The maximum Gasteiger partial charge on any atom is 0.221 e. The summed E-state index contributed by atoms with van der Waals surface area (Å²) in [6.07, 6.45) is 1.75. The van der Waals surface area contributed by atoms with Crippen molar-refractivity contribution >= 4 is 11.2 Å². The van der Waals surface area contributed by atoms with Crippen LogP contribution in [0.5, 0.6) is 11.6 Å². The molecule has 0 fully saturated rings. The van der Waals surface area contributed by atoms with Crippen molar-refractivity contribution in [2.45, 2.75) is 13.8 Å². The molecule has 0 amide bonds. The van der Waals surface area contributed by atoms with E-state index in [2.05, 4.69) is 29.9 Å². The largest absolute Gasteiger partial charge is 0.439 e. The van der Waals surface area contributed by atoms with Crippen LogP contribution in [0, 0.1) is 13.8 Å². The molecule has 19 heavy (non-hydrogen) atoms. The Morgan fingerprint density at radius 2 is 1.79 bits per heavy atom. The Kier molecular flexibility index (Phi) is 2.71. The fraction of sp³-hybridized carbons (Fsp3) is 0.200. The van der Waals surface area contributed by atoms with Gasteiger partial charge in [-0.2, -0.15) is 4.98 Å². The number of aryl methyl sites for hydroxylation is 3. The van der Waals surface area contributed by atoms with Crippen LogP contribution in [0.25, 0.3) is 11.2 Å². The molecular formula is C15H15N3O. The maximum atomic E-state index is 5.82. The van der Waals surface area contributed by atoms with E-state index >= 15 is 0 Å². The van der Waals surface area contributed by atoms with E-state index in [1.54, 1.807) is 6.33 Å². The molecule has 0 atom stereocenters. The Balaban J connectivity index is 1.98. The highest BCUT2D eigenvalue weighted by atomic mass is 16.5. The van der Waals surface area contributed by atoms with Gasteiger partial charge in [0, 0.05) is 13.1 Å². The van der Waals surface area contributed by atoms with Gasteiger partial charge < -0.3 is 9.30 Å². The molecule has 0 unspecified atom stereocenters. The van der Waals surface area contributed by atoms with Crippen LogP contribution >= 0.6 is 0 Å². The molecule has 0 spiro atoms. The molecule has 2 heterocycles. The van der Waals surface area contributed by atoms with E-state index in [0.717, 1.165) is 16.9 Å². The second kappa shape index (κ2) is 4.39. The summed E-state index contributed by atoms with van der Waals surface area (Å²) in [4.78, 5) is 8.71. The van der Waals surface area contributed by atoms with E-state index in [1.807, 2.05) is 35.9 Å². The SMILES string of the molecule is Cc1cc(C)cc(Oc2ccc3ncn(C)c3n2)c1. The standard InChI is InChI=1S/C15H15N3O/c1-10-6-11(2)8-12(7-10)19-14-5-4-13-15(17-14)18(3)9-16-13/h4-9H,1-3H3. The lowest BCUT2D eigenvalue weighted by molar-refractivity contribution is 0.463. The summed E-state index contributed by atoms with van der Waals surface area (Å²) in [5.41, 5.74) is 4.05. The molecule has 0 bridgehead atoms. The number of aromatic nitrogens is 3. The highest BCUT2D eigenvalue weighted by Crippen LogP contribution is 2.23. The normalized spacial score (nSPS) is 10.9. The fourth-order valence-corrected chi connectivity index (χ4v) is 2.16. The zero-order chi connectivity index (χ0) is 13.4. The molecule has 0 aliphatic carbocycles. The third kappa shape index (κ3) is 2.29. The van der Waals surface area contributed by atoms with Gasteiger partial charge in [-0.05, 0) is 43.2 Å². The van der Waals surface area contributed by atoms with Crippen LogP contribution in [0.3, 0.4) is 0 Å². The van der Waals surface area contributed by atoms with Crippen molar-refractivity contribution in [3.63, 3.8) is 0 Å². The molecule has 0 aliphatic heterocycles. The minimum atomic E-state index is 0.584. The van der Waals surface area contributed by atoms with E-state index in [9.17, 15) is 0 Å². The lowest BCUT2D eigenvalue weighted by atomic mass is 10.1. The van der Waals surface area contributed by atoms with Crippen molar-refractivity contribution in [3.05, 3.63) is 47.8 Å². The second-order valence-electron chi connectivity index (χ2n) is 4.77. The molecule has 4 nitrogen and oxygen atoms in total. The number of hydrogen-bond acceptors (Lipinski definition) is 3. The van der Waals surface area contributed by atoms with Gasteiger partial charge >= 0.3 is 0 Å². The third-order valence-electron chi connectivity index (χ3n) is 2.95. The number of pyridine rings is 1. The molecule has 0 saturated heterocycles. The summed E-state index contributed by atoms with van der Waals surface area (Å²) >= 11 is 0. The second-order valence-corrected chi connectivity index (χ2v) is 4.77. The van der Waals surface area contributed by atoms with Gasteiger partial charge in [0.25, 0.3) is 0 Å². The number of benzene rings is 1. The predicted octanol–water partition coefficient (Wildman–Crippen LogP) is 3.38. The zero-order valence-corrected chi connectivity index (χ0v) is 11.2. The van der Waals surface area contributed by atoms with Gasteiger partial charge in [0.2, 0.25) is 5.88 Å². The van der Waals surface area contributed by atoms with Gasteiger partial charge in [-0.15, -0.1) is 0 Å². The fourth-order valence-electron chi connectivity index (χ4n) is 2.16. The molecule has 0 saturated carbocycles. The Labute approximate surface area is 111 Å². The molecule has 96 valence electrons. The van der Waals surface area contributed by atoms with Crippen molar-refractivity contribution in [2.75, 3.05) is 0 Å². The average Bonchev–Trinajstić information content (AvgIpc) is 2.70. The average molecular weight is 253 g/mol. The first-order chi connectivity index (χ1) is 9.11. The van der Waals surface area contributed by atoms with Gasteiger partial charge in [-0.3, -0.25) is 0 Å². The van der Waals surface area contributed by atoms with Crippen molar-refractivity contribution in [1.29, 1.82) is 0 Å². The smallest absolute Gasteiger partial charge is 0.221 e. The van der Waals surface area contributed by atoms with Crippen molar-refractivity contribution in [2.24, 2.45) is 7.05 Å². The van der Waals surface area contributed by atoms with E-state index < -0.39 is 0 Å². The van der Waals surface area contributed by atoms with Crippen molar-refractivity contribution < 1.29 is 4.74 Å². The van der Waals surface area contributed by atoms with Crippen LogP contribution in [0.4, 0.5) is 0 Å². The molecule has 2 aromatic heterocycles. The van der Waals surface area contributed by atoms with Crippen molar-refractivity contribution in [3.8, 4) is 11.6 Å².